The van der Waals surface area contributed by atoms with Crippen molar-refractivity contribution in [1.82, 2.24) is 4.90 Å². The number of carbonyl (C=O) groups excluding carboxylic acids is 2. The highest BCUT2D eigenvalue weighted by Crippen LogP contribution is 2.28. The quantitative estimate of drug-likeness (QED) is 0.762. The van der Waals surface area contributed by atoms with Crippen LogP contribution >= 0.6 is 0 Å². The fourth-order valence-electron chi connectivity index (χ4n) is 2.33. The van der Waals surface area contributed by atoms with Crippen LogP contribution in [-0.2, 0) is 9.53 Å². The maximum absolute atomic E-state index is 12.0. The second-order valence-electron chi connectivity index (χ2n) is 6.37. The van der Waals surface area contributed by atoms with Gasteiger partial charge in [-0.3, -0.25) is 4.79 Å². The lowest BCUT2D eigenvalue weighted by Crippen LogP contribution is -2.41. The summed E-state index contributed by atoms with van der Waals surface area (Å²) in [5.74, 6) is 0.224. The van der Waals surface area contributed by atoms with E-state index in [0.29, 0.717) is 6.54 Å². The van der Waals surface area contributed by atoms with E-state index in [4.69, 9.17) is 4.74 Å². The van der Waals surface area contributed by atoms with Crippen molar-refractivity contribution < 1.29 is 14.3 Å². The van der Waals surface area contributed by atoms with Gasteiger partial charge in [0.2, 0.25) is 0 Å². The lowest BCUT2D eigenvalue weighted by molar-refractivity contribution is -0.126. The van der Waals surface area contributed by atoms with Crippen LogP contribution in [0.3, 0.4) is 0 Å². The van der Waals surface area contributed by atoms with Gasteiger partial charge in [-0.15, -0.1) is 0 Å². The van der Waals surface area contributed by atoms with Crippen LogP contribution in [0.4, 0.5) is 4.79 Å². The predicted octanol–water partition coefficient (Wildman–Crippen LogP) is 2.86. The Morgan fingerprint density at radius 1 is 1.28 bits per heavy atom. The molecule has 0 N–H and O–H groups in total. The van der Waals surface area contributed by atoms with E-state index in [1.807, 2.05) is 41.5 Å². The summed E-state index contributed by atoms with van der Waals surface area (Å²) in [7, 11) is 0. The molecule has 4 heteroatoms. The number of nitrogens with zero attached hydrogens (tertiary/aromatic N) is 1. The van der Waals surface area contributed by atoms with Gasteiger partial charge in [-0.1, -0.05) is 13.8 Å². The van der Waals surface area contributed by atoms with E-state index in [0.717, 1.165) is 6.42 Å². The van der Waals surface area contributed by atoms with Gasteiger partial charge in [0.05, 0.1) is 0 Å². The number of ether oxygens (including phenoxy) is 1. The molecule has 0 saturated carbocycles. The minimum atomic E-state index is -0.489. The summed E-state index contributed by atoms with van der Waals surface area (Å²) in [4.78, 5) is 25.7. The Hall–Kier alpha value is -1.06. The van der Waals surface area contributed by atoms with Crippen LogP contribution in [0.1, 0.15) is 48.0 Å². The topological polar surface area (TPSA) is 46.6 Å². The molecule has 0 aliphatic carbocycles. The largest absolute Gasteiger partial charge is 0.444 e. The molecule has 1 saturated heterocycles. The van der Waals surface area contributed by atoms with E-state index in [1.165, 1.54) is 0 Å². The number of ketones is 1. The van der Waals surface area contributed by atoms with Crippen molar-refractivity contribution in [1.29, 1.82) is 0 Å². The van der Waals surface area contributed by atoms with Gasteiger partial charge in [-0.05, 0) is 34.1 Å². The van der Waals surface area contributed by atoms with E-state index < -0.39 is 5.60 Å². The van der Waals surface area contributed by atoms with Gasteiger partial charge in [0, 0.05) is 24.4 Å². The summed E-state index contributed by atoms with van der Waals surface area (Å²) < 4.78 is 5.36. The molecule has 2 unspecified atom stereocenters. The Morgan fingerprint density at radius 2 is 1.83 bits per heavy atom. The highest BCUT2D eigenvalue weighted by molar-refractivity contribution is 5.84. The third kappa shape index (κ3) is 3.47. The van der Waals surface area contributed by atoms with Crippen LogP contribution < -0.4 is 0 Å². The molecule has 1 aliphatic heterocycles. The molecule has 104 valence electrons. The molecule has 0 aromatic rings. The van der Waals surface area contributed by atoms with Crippen LogP contribution in [0.15, 0.2) is 0 Å². The zero-order chi connectivity index (χ0) is 14.1. The number of carbonyl (C=O) groups is 2. The van der Waals surface area contributed by atoms with Crippen LogP contribution in [0.25, 0.3) is 0 Å². The second-order valence-corrected chi connectivity index (χ2v) is 6.37. The zero-order valence-electron chi connectivity index (χ0n) is 12.3. The number of amides is 1. The maximum atomic E-state index is 12.0. The van der Waals surface area contributed by atoms with Crippen molar-refractivity contribution in [3.05, 3.63) is 0 Å². The highest BCUT2D eigenvalue weighted by Gasteiger charge is 2.40. The number of hydrogen-bond acceptors (Lipinski definition) is 3. The van der Waals surface area contributed by atoms with Gasteiger partial charge >= 0.3 is 6.09 Å². The first kappa shape index (κ1) is 15.0. The molecule has 0 aromatic heterocycles. The molecule has 1 rings (SSSR count). The van der Waals surface area contributed by atoms with Gasteiger partial charge in [-0.25, -0.2) is 4.79 Å². The standard InChI is InChI=1S/C14H25NO3/c1-9(2)12(16)11-7-8-15(10(11)3)13(17)18-14(4,5)6/h9-11H,7-8H2,1-6H3. The van der Waals surface area contributed by atoms with Crippen LogP contribution in [0.5, 0.6) is 0 Å². The van der Waals surface area contributed by atoms with Crippen molar-refractivity contribution in [3.8, 4) is 0 Å². The molecule has 2 atom stereocenters. The van der Waals surface area contributed by atoms with Crippen molar-refractivity contribution in [2.75, 3.05) is 6.54 Å². The lowest BCUT2D eigenvalue weighted by atomic mass is 9.90. The minimum absolute atomic E-state index is 0.0241. The first-order valence-corrected chi connectivity index (χ1v) is 6.67. The fraction of sp³-hybridized carbons (Fsp3) is 0.857. The Balaban J connectivity index is 2.67. The Bertz CT molecular complexity index is 330. The van der Waals surface area contributed by atoms with Gasteiger partial charge < -0.3 is 9.64 Å². The molecule has 0 aromatic carbocycles. The molecular formula is C14H25NO3. The van der Waals surface area contributed by atoms with Crippen LogP contribution in [-0.4, -0.2) is 35.0 Å². The molecule has 0 radical (unpaired) electrons. The van der Waals surface area contributed by atoms with Crippen molar-refractivity contribution in [2.24, 2.45) is 11.8 Å². The predicted molar refractivity (Wildman–Crippen MR) is 70.4 cm³/mol. The average molecular weight is 255 g/mol. The van der Waals surface area contributed by atoms with Crippen LogP contribution in [0, 0.1) is 11.8 Å². The molecule has 1 amide bonds. The molecule has 1 heterocycles. The third-order valence-electron chi connectivity index (χ3n) is 3.32. The first-order valence-electron chi connectivity index (χ1n) is 6.67. The van der Waals surface area contributed by atoms with Gasteiger partial charge in [0.25, 0.3) is 0 Å². The Labute approximate surface area is 110 Å². The summed E-state index contributed by atoms with van der Waals surface area (Å²) in [6.07, 6.45) is 0.436. The summed E-state index contributed by atoms with van der Waals surface area (Å²) in [5, 5.41) is 0. The normalized spacial score (nSPS) is 24.5. The maximum Gasteiger partial charge on any atom is 0.410 e. The molecule has 0 bridgehead atoms. The fourth-order valence-corrected chi connectivity index (χ4v) is 2.33. The van der Waals surface area contributed by atoms with Crippen LogP contribution in [0.2, 0.25) is 0 Å². The highest BCUT2D eigenvalue weighted by atomic mass is 16.6. The molecule has 1 aliphatic rings. The van der Waals surface area contributed by atoms with Crippen molar-refractivity contribution in [2.45, 2.75) is 59.6 Å². The van der Waals surface area contributed by atoms with E-state index >= 15 is 0 Å². The summed E-state index contributed by atoms with van der Waals surface area (Å²) in [5.41, 5.74) is -0.489. The van der Waals surface area contributed by atoms with Gasteiger partial charge in [0.15, 0.2) is 0 Å². The van der Waals surface area contributed by atoms with E-state index in [9.17, 15) is 9.59 Å². The van der Waals surface area contributed by atoms with E-state index in [2.05, 4.69) is 0 Å². The molecule has 1 fully saturated rings. The second kappa shape index (κ2) is 5.29. The molecule has 18 heavy (non-hydrogen) atoms. The SMILES string of the molecule is CC(C)C(=O)C1CCN(C(=O)OC(C)(C)C)C1C. The number of hydrogen-bond donors (Lipinski definition) is 0. The Morgan fingerprint density at radius 3 is 2.28 bits per heavy atom. The monoisotopic (exact) mass is 255 g/mol. The number of Topliss-reactive ketones (excluding diaryl/α,β-unsaturated/α-hetero) is 1. The molecule has 4 nitrogen and oxygen atoms in total. The average Bonchev–Trinajstić information content (AvgIpc) is 2.56. The number of likely N-dealkylation sites (tertiary alicyclic amines) is 1. The van der Waals surface area contributed by atoms with E-state index in [1.54, 1.807) is 4.90 Å². The van der Waals surface area contributed by atoms with E-state index in [-0.39, 0.29) is 29.8 Å². The Kier molecular flexibility index (Phi) is 4.41. The zero-order valence-corrected chi connectivity index (χ0v) is 12.3. The van der Waals surface area contributed by atoms with Gasteiger partial charge in [-0.2, -0.15) is 0 Å². The summed E-state index contributed by atoms with van der Waals surface area (Å²) >= 11 is 0. The molecule has 0 spiro atoms. The summed E-state index contributed by atoms with van der Waals surface area (Å²) in [6, 6.07) is -0.0604. The summed E-state index contributed by atoms with van der Waals surface area (Å²) in [6.45, 7) is 11.9. The number of rotatable bonds is 2. The molecular weight excluding hydrogens is 230 g/mol. The van der Waals surface area contributed by atoms with Crippen molar-refractivity contribution in [3.63, 3.8) is 0 Å². The van der Waals surface area contributed by atoms with Gasteiger partial charge in [0.1, 0.15) is 11.4 Å². The lowest BCUT2D eigenvalue weighted by Gasteiger charge is -2.28. The smallest absolute Gasteiger partial charge is 0.410 e. The first-order chi connectivity index (χ1) is 8.13. The van der Waals surface area contributed by atoms with Crippen molar-refractivity contribution >= 4 is 11.9 Å². The third-order valence-corrected chi connectivity index (χ3v) is 3.32. The minimum Gasteiger partial charge on any atom is -0.444 e.